The van der Waals surface area contributed by atoms with Crippen molar-refractivity contribution in [2.45, 2.75) is 51.6 Å². The van der Waals surface area contributed by atoms with E-state index in [1.807, 2.05) is 6.92 Å². The number of ether oxygens (including phenoxy) is 2. The summed E-state index contributed by atoms with van der Waals surface area (Å²) in [6.07, 6.45) is 1.59. The normalized spacial score (nSPS) is 28.4. The van der Waals surface area contributed by atoms with Crippen LogP contribution in [0.15, 0.2) is 0 Å². The number of carbonyl (C=O) groups is 2. The Morgan fingerprint density at radius 1 is 1.15 bits per heavy atom. The lowest BCUT2D eigenvalue weighted by Gasteiger charge is -2.48. The van der Waals surface area contributed by atoms with Gasteiger partial charge in [0.2, 0.25) is 0 Å². The van der Waals surface area contributed by atoms with E-state index in [4.69, 9.17) is 9.47 Å². The smallest absolute Gasteiger partial charge is 0.409 e. The Bertz CT molecular complexity index is 383. The van der Waals surface area contributed by atoms with Crippen LogP contribution >= 0.6 is 0 Å². The number of methoxy groups -OCH3 is 2. The summed E-state index contributed by atoms with van der Waals surface area (Å²) in [5, 5.41) is 2.90. The molecule has 0 aliphatic heterocycles. The Kier molecular flexibility index (Phi) is 4.89. The third-order valence-corrected chi connectivity index (χ3v) is 3.94. The van der Waals surface area contributed by atoms with Crippen LogP contribution in [0.25, 0.3) is 0 Å². The fourth-order valence-corrected chi connectivity index (χ4v) is 3.39. The number of nitrogens with one attached hydrogen (secondary N) is 1. The van der Waals surface area contributed by atoms with Crippen LogP contribution in [0, 0.1) is 5.41 Å². The summed E-state index contributed by atoms with van der Waals surface area (Å²) in [6, 6.07) is 0.0216. The van der Waals surface area contributed by atoms with E-state index in [1.54, 1.807) is 11.9 Å². The Morgan fingerprint density at radius 3 is 2.25 bits per heavy atom. The van der Waals surface area contributed by atoms with Crippen LogP contribution in [0.5, 0.6) is 0 Å². The van der Waals surface area contributed by atoms with Crippen molar-refractivity contribution in [3.63, 3.8) is 0 Å². The van der Waals surface area contributed by atoms with Gasteiger partial charge in [0.15, 0.2) is 0 Å². The molecule has 0 saturated heterocycles. The number of hydrogen-bond acceptors (Lipinski definition) is 4. The first-order valence-electron chi connectivity index (χ1n) is 6.79. The summed E-state index contributed by atoms with van der Waals surface area (Å²) in [7, 11) is 4.46. The fraction of sp³-hybridized carbons (Fsp3) is 0.857. The molecule has 0 spiro atoms. The third-order valence-electron chi connectivity index (χ3n) is 3.94. The van der Waals surface area contributed by atoms with E-state index in [2.05, 4.69) is 19.2 Å². The minimum atomic E-state index is -0.440. The predicted molar refractivity (Wildman–Crippen MR) is 75.5 cm³/mol. The van der Waals surface area contributed by atoms with E-state index in [9.17, 15) is 9.59 Å². The summed E-state index contributed by atoms with van der Waals surface area (Å²) < 4.78 is 9.47. The summed E-state index contributed by atoms with van der Waals surface area (Å²) in [5.74, 6) is 0. The number of alkyl carbamates (subject to hydrolysis) is 1. The van der Waals surface area contributed by atoms with Crippen LogP contribution in [0.4, 0.5) is 9.59 Å². The van der Waals surface area contributed by atoms with Crippen molar-refractivity contribution >= 4 is 12.2 Å². The average molecular weight is 286 g/mol. The summed E-state index contributed by atoms with van der Waals surface area (Å²) in [6.45, 7) is 6.27. The minimum Gasteiger partial charge on any atom is -0.453 e. The molecule has 1 aliphatic carbocycles. The number of hydrogen-bond donors (Lipinski definition) is 1. The van der Waals surface area contributed by atoms with Crippen molar-refractivity contribution in [2.75, 3.05) is 21.3 Å². The summed E-state index contributed by atoms with van der Waals surface area (Å²) in [4.78, 5) is 24.8. The fourth-order valence-electron chi connectivity index (χ4n) is 3.39. The zero-order valence-electron chi connectivity index (χ0n) is 13.3. The lowest BCUT2D eigenvalue weighted by atomic mass is 9.66. The van der Waals surface area contributed by atoms with Crippen LogP contribution in [0.2, 0.25) is 0 Å². The molecular formula is C14H26N2O4. The second-order valence-electron chi connectivity index (χ2n) is 6.66. The molecule has 2 unspecified atom stereocenters. The Labute approximate surface area is 120 Å². The lowest BCUT2D eigenvalue weighted by Crippen LogP contribution is -2.57. The molecule has 116 valence electrons. The van der Waals surface area contributed by atoms with Gasteiger partial charge >= 0.3 is 12.2 Å². The molecule has 0 aromatic carbocycles. The maximum absolute atomic E-state index is 11.7. The highest BCUT2D eigenvalue weighted by molar-refractivity contribution is 5.68. The molecule has 1 aliphatic rings. The van der Waals surface area contributed by atoms with Gasteiger partial charge in [0, 0.05) is 18.6 Å². The van der Waals surface area contributed by atoms with E-state index in [1.165, 1.54) is 14.2 Å². The first kappa shape index (κ1) is 16.6. The van der Waals surface area contributed by atoms with Gasteiger partial charge < -0.3 is 19.7 Å². The summed E-state index contributed by atoms with van der Waals surface area (Å²) >= 11 is 0. The topological polar surface area (TPSA) is 67.9 Å². The number of amides is 2. The van der Waals surface area contributed by atoms with Crippen molar-refractivity contribution in [1.82, 2.24) is 10.2 Å². The maximum Gasteiger partial charge on any atom is 0.409 e. The molecule has 6 heteroatoms. The molecule has 0 radical (unpaired) electrons. The number of carbonyl (C=O) groups excluding carboxylic acids is 2. The largest absolute Gasteiger partial charge is 0.453 e. The number of rotatable bonds is 2. The molecule has 2 amide bonds. The SMILES string of the molecule is COC(=O)NC1(C)CC(N(C)C(=O)OC)CC(C)(C)C1. The van der Waals surface area contributed by atoms with Crippen molar-refractivity contribution in [3.05, 3.63) is 0 Å². The van der Waals surface area contributed by atoms with Crippen molar-refractivity contribution in [2.24, 2.45) is 5.41 Å². The van der Waals surface area contributed by atoms with Crippen LogP contribution in [0.3, 0.4) is 0 Å². The molecule has 20 heavy (non-hydrogen) atoms. The second kappa shape index (κ2) is 5.89. The first-order chi connectivity index (χ1) is 9.12. The lowest BCUT2D eigenvalue weighted by molar-refractivity contribution is 0.0439. The van der Waals surface area contributed by atoms with Gasteiger partial charge in [0.25, 0.3) is 0 Å². The quantitative estimate of drug-likeness (QED) is 0.846. The highest BCUT2D eigenvalue weighted by atomic mass is 16.5. The van der Waals surface area contributed by atoms with Crippen LogP contribution in [0.1, 0.15) is 40.0 Å². The van der Waals surface area contributed by atoms with Gasteiger partial charge in [-0.15, -0.1) is 0 Å². The van der Waals surface area contributed by atoms with Crippen molar-refractivity contribution in [1.29, 1.82) is 0 Å². The van der Waals surface area contributed by atoms with Gasteiger partial charge in [-0.3, -0.25) is 0 Å². The molecule has 0 aromatic heterocycles. The van der Waals surface area contributed by atoms with Crippen LogP contribution in [-0.2, 0) is 9.47 Å². The number of nitrogens with zero attached hydrogens (tertiary/aromatic N) is 1. The first-order valence-corrected chi connectivity index (χ1v) is 6.79. The second-order valence-corrected chi connectivity index (χ2v) is 6.66. The molecule has 1 N–H and O–H groups in total. The Hall–Kier alpha value is -1.46. The summed E-state index contributed by atoms with van der Waals surface area (Å²) in [5.41, 5.74) is -0.386. The monoisotopic (exact) mass is 286 g/mol. The molecular weight excluding hydrogens is 260 g/mol. The molecule has 0 bridgehead atoms. The van der Waals surface area contributed by atoms with Gasteiger partial charge in [-0.25, -0.2) is 9.59 Å². The third kappa shape index (κ3) is 4.02. The molecule has 0 heterocycles. The molecule has 0 aromatic rings. The average Bonchev–Trinajstić information content (AvgIpc) is 2.33. The van der Waals surface area contributed by atoms with E-state index in [0.717, 1.165) is 12.8 Å². The maximum atomic E-state index is 11.7. The van der Waals surface area contributed by atoms with Gasteiger partial charge in [0.05, 0.1) is 14.2 Å². The molecule has 1 fully saturated rings. The predicted octanol–water partition coefficient (Wildman–Crippen LogP) is 2.38. The van der Waals surface area contributed by atoms with Gasteiger partial charge in [0.1, 0.15) is 0 Å². The highest BCUT2D eigenvalue weighted by Crippen LogP contribution is 2.42. The molecule has 2 atom stereocenters. The van der Waals surface area contributed by atoms with E-state index < -0.39 is 11.6 Å². The van der Waals surface area contributed by atoms with Gasteiger partial charge in [-0.2, -0.15) is 0 Å². The Morgan fingerprint density at radius 2 is 1.75 bits per heavy atom. The molecule has 6 nitrogen and oxygen atoms in total. The highest BCUT2D eigenvalue weighted by Gasteiger charge is 2.44. The Balaban J connectivity index is 2.89. The van der Waals surface area contributed by atoms with Crippen molar-refractivity contribution < 1.29 is 19.1 Å². The molecule has 1 rings (SSSR count). The van der Waals surface area contributed by atoms with Crippen molar-refractivity contribution in [3.8, 4) is 0 Å². The zero-order valence-corrected chi connectivity index (χ0v) is 13.3. The van der Waals surface area contributed by atoms with Gasteiger partial charge in [-0.05, 0) is 31.6 Å². The minimum absolute atomic E-state index is 0.0149. The van der Waals surface area contributed by atoms with Gasteiger partial charge in [-0.1, -0.05) is 13.8 Å². The van der Waals surface area contributed by atoms with Crippen LogP contribution < -0.4 is 5.32 Å². The molecule has 1 saturated carbocycles. The standard InChI is InChI=1S/C14H26N2O4/c1-13(2)7-10(16(4)12(18)20-6)8-14(3,9-13)15-11(17)19-5/h10H,7-9H2,1-6H3,(H,15,17). The van der Waals surface area contributed by atoms with E-state index in [-0.39, 0.29) is 17.6 Å². The zero-order chi connectivity index (χ0) is 15.6. The van der Waals surface area contributed by atoms with E-state index in [0.29, 0.717) is 6.42 Å². The van der Waals surface area contributed by atoms with Crippen LogP contribution in [-0.4, -0.2) is 49.9 Å². The van der Waals surface area contributed by atoms with E-state index >= 15 is 0 Å².